The lowest BCUT2D eigenvalue weighted by atomic mass is 10.1. The molecule has 30 heavy (non-hydrogen) atoms. The Morgan fingerprint density at radius 3 is 2.03 bits per heavy atom. The minimum Gasteiger partial charge on any atom is -0.490 e. The second kappa shape index (κ2) is 8.81. The van der Waals surface area contributed by atoms with E-state index in [4.69, 9.17) is 9.47 Å². The molecule has 0 amide bonds. The molecule has 0 spiro atoms. The highest BCUT2D eigenvalue weighted by atomic mass is 19.2. The molecule has 0 N–H and O–H groups in total. The number of rotatable bonds is 7. The number of halogens is 4. The summed E-state index contributed by atoms with van der Waals surface area (Å²) in [6.45, 7) is -0.646. The Labute approximate surface area is 167 Å². The third-order valence-corrected chi connectivity index (χ3v) is 4.14. The zero-order valence-electron chi connectivity index (χ0n) is 15.5. The SMILES string of the molecule is COC(=O)C(=O)c1c(F)c(F)c(OCCOc2ccc3ccccc3c2)c(F)c1F. The Morgan fingerprint density at radius 2 is 1.40 bits per heavy atom. The molecule has 0 heterocycles. The first-order chi connectivity index (χ1) is 14.3. The molecule has 0 aliphatic carbocycles. The first-order valence-corrected chi connectivity index (χ1v) is 8.58. The zero-order valence-corrected chi connectivity index (χ0v) is 15.5. The molecule has 0 fully saturated rings. The van der Waals surface area contributed by atoms with Crippen LogP contribution in [0.25, 0.3) is 10.8 Å². The molecular weight excluding hydrogens is 408 g/mol. The van der Waals surface area contributed by atoms with Crippen molar-refractivity contribution in [3.05, 3.63) is 71.3 Å². The molecule has 0 saturated heterocycles. The monoisotopic (exact) mass is 422 g/mol. The average molecular weight is 422 g/mol. The van der Waals surface area contributed by atoms with Crippen molar-refractivity contribution in [3.63, 3.8) is 0 Å². The Morgan fingerprint density at radius 1 is 0.800 bits per heavy atom. The van der Waals surface area contributed by atoms with E-state index in [9.17, 15) is 27.2 Å². The molecule has 0 aliphatic rings. The molecule has 0 bridgehead atoms. The van der Waals surface area contributed by atoms with Crippen LogP contribution in [0.3, 0.4) is 0 Å². The highest BCUT2D eigenvalue weighted by molar-refractivity contribution is 6.40. The van der Waals surface area contributed by atoms with Crippen LogP contribution in [0.5, 0.6) is 11.5 Å². The van der Waals surface area contributed by atoms with Crippen LogP contribution in [-0.4, -0.2) is 32.1 Å². The van der Waals surface area contributed by atoms with Crippen molar-refractivity contribution in [2.24, 2.45) is 0 Å². The highest BCUT2D eigenvalue weighted by Crippen LogP contribution is 2.30. The first-order valence-electron chi connectivity index (χ1n) is 8.58. The lowest BCUT2D eigenvalue weighted by Gasteiger charge is -2.13. The van der Waals surface area contributed by atoms with Gasteiger partial charge in [0.2, 0.25) is 11.6 Å². The minimum atomic E-state index is -2.06. The van der Waals surface area contributed by atoms with Crippen molar-refractivity contribution in [1.29, 1.82) is 0 Å². The van der Waals surface area contributed by atoms with E-state index < -0.39 is 52.9 Å². The topological polar surface area (TPSA) is 61.8 Å². The smallest absolute Gasteiger partial charge is 0.379 e. The van der Waals surface area contributed by atoms with E-state index in [1.807, 2.05) is 30.3 Å². The fourth-order valence-electron chi connectivity index (χ4n) is 2.69. The van der Waals surface area contributed by atoms with Gasteiger partial charge in [-0.15, -0.1) is 0 Å². The number of methoxy groups -OCH3 is 1. The van der Waals surface area contributed by atoms with Crippen LogP contribution in [-0.2, 0) is 9.53 Å². The third-order valence-electron chi connectivity index (χ3n) is 4.14. The quantitative estimate of drug-likeness (QED) is 0.143. The number of ketones is 1. The Bertz CT molecular complexity index is 1100. The van der Waals surface area contributed by atoms with Crippen molar-refractivity contribution >= 4 is 22.5 Å². The summed E-state index contributed by atoms with van der Waals surface area (Å²) in [5.74, 6) is -12.5. The number of esters is 1. The van der Waals surface area contributed by atoms with Crippen molar-refractivity contribution in [3.8, 4) is 11.5 Å². The molecule has 0 atom stereocenters. The Kier molecular flexibility index (Phi) is 6.20. The lowest BCUT2D eigenvalue weighted by molar-refractivity contribution is -0.135. The zero-order chi connectivity index (χ0) is 21.8. The lowest BCUT2D eigenvalue weighted by Crippen LogP contribution is -2.21. The van der Waals surface area contributed by atoms with Crippen molar-refractivity contribution in [2.45, 2.75) is 0 Å². The van der Waals surface area contributed by atoms with Crippen molar-refractivity contribution < 1.29 is 41.4 Å². The molecule has 0 aliphatic heterocycles. The van der Waals surface area contributed by atoms with Gasteiger partial charge in [-0.05, 0) is 22.9 Å². The van der Waals surface area contributed by atoms with Gasteiger partial charge in [0.15, 0.2) is 17.4 Å². The molecule has 3 aromatic rings. The van der Waals surface area contributed by atoms with Crippen LogP contribution in [0, 0.1) is 23.3 Å². The molecule has 3 rings (SSSR count). The predicted molar refractivity (Wildman–Crippen MR) is 97.6 cm³/mol. The van der Waals surface area contributed by atoms with E-state index in [1.165, 1.54) is 0 Å². The number of fused-ring (bicyclic) bond motifs is 1. The number of carbonyl (C=O) groups is 2. The highest BCUT2D eigenvalue weighted by Gasteiger charge is 2.33. The van der Waals surface area contributed by atoms with Gasteiger partial charge < -0.3 is 14.2 Å². The number of Topliss-reactive ketones (excluding diaryl/α,β-unsaturated/α-hetero) is 1. The maximum Gasteiger partial charge on any atom is 0.379 e. The van der Waals surface area contributed by atoms with E-state index in [0.29, 0.717) is 5.75 Å². The number of ether oxygens (including phenoxy) is 3. The van der Waals surface area contributed by atoms with Gasteiger partial charge in [-0.25, -0.2) is 13.6 Å². The predicted octanol–water partition coefficient (Wildman–Crippen LogP) is 4.21. The van der Waals surface area contributed by atoms with E-state index in [0.717, 1.165) is 17.9 Å². The Hall–Kier alpha value is -3.62. The van der Waals surface area contributed by atoms with Crippen LogP contribution >= 0.6 is 0 Å². The summed E-state index contributed by atoms with van der Waals surface area (Å²) < 4.78 is 70.5. The van der Waals surface area contributed by atoms with E-state index in [1.54, 1.807) is 12.1 Å². The second-order valence-corrected chi connectivity index (χ2v) is 5.99. The summed E-state index contributed by atoms with van der Waals surface area (Å²) in [6.07, 6.45) is 0. The normalized spacial score (nSPS) is 10.7. The molecule has 0 unspecified atom stereocenters. The molecule has 156 valence electrons. The number of carbonyl (C=O) groups excluding carboxylic acids is 2. The summed E-state index contributed by atoms with van der Waals surface area (Å²) in [5, 5.41) is 1.89. The largest absolute Gasteiger partial charge is 0.490 e. The molecule has 0 radical (unpaired) electrons. The molecule has 0 saturated carbocycles. The number of hydrogen-bond donors (Lipinski definition) is 0. The number of benzene rings is 3. The average Bonchev–Trinajstić information content (AvgIpc) is 2.76. The van der Waals surface area contributed by atoms with Crippen LogP contribution in [0.4, 0.5) is 17.6 Å². The molecule has 5 nitrogen and oxygen atoms in total. The van der Waals surface area contributed by atoms with E-state index in [2.05, 4.69) is 4.74 Å². The minimum absolute atomic E-state index is 0.191. The van der Waals surface area contributed by atoms with Crippen LogP contribution in [0.15, 0.2) is 42.5 Å². The summed E-state index contributed by atoms with van der Waals surface area (Å²) >= 11 is 0. The van der Waals surface area contributed by atoms with Gasteiger partial charge in [0.1, 0.15) is 24.5 Å². The van der Waals surface area contributed by atoms with Crippen molar-refractivity contribution in [1.82, 2.24) is 0 Å². The second-order valence-electron chi connectivity index (χ2n) is 5.99. The van der Waals surface area contributed by atoms with E-state index in [-0.39, 0.29) is 6.61 Å². The number of hydrogen-bond acceptors (Lipinski definition) is 5. The third kappa shape index (κ3) is 4.05. The van der Waals surface area contributed by atoms with Gasteiger partial charge in [0, 0.05) is 0 Å². The maximum atomic E-state index is 14.1. The fraction of sp³-hybridized carbons (Fsp3) is 0.143. The molecule has 0 aromatic heterocycles. The first kappa shape index (κ1) is 21.1. The molecule has 9 heteroatoms. The molecular formula is C21H14F4O5. The van der Waals surface area contributed by atoms with E-state index >= 15 is 0 Å². The van der Waals surface area contributed by atoms with Gasteiger partial charge in [-0.1, -0.05) is 30.3 Å². The van der Waals surface area contributed by atoms with Crippen LogP contribution in [0.2, 0.25) is 0 Å². The van der Waals surface area contributed by atoms with Gasteiger partial charge in [0.25, 0.3) is 5.78 Å². The van der Waals surface area contributed by atoms with Gasteiger partial charge in [-0.3, -0.25) is 4.79 Å². The van der Waals surface area contributed by atoms with Crippen LogP contribution in [0.1, 0.15) is 10.4 Å². The van der Waals surface area contributed by atoms with Gasteiger partial charge in [0.05, 0.1) is 7.11 Å². The van der Waals surface area contributed by atoms with Crippen LogP contribution < -0.4 is 9.47 Å². The Balaban J connectivity index is 1.72. The maximum absolute atomic E-state index is 14.1. The summed E-state index contributed by atoms with van der Waals surface area (Å²) in [7, 11) is 0.774. The molecule has 3 aromatic carbocycles. The summed E-state index contributed by atoms with van der Waals surface area (Å²) in [4.78, 5) is 22.7. The van der Waals surface area contributed by atoms with Gasteiger partial charge in [-0.2, -0.15) is 8.78 Å². The fourth-order valence-corrected chi connectivity index (χ4v) is 2.69. The standard InChI is InChI=1S/C21H14F4O5/c1-28-21(27)19(26)14-15(22)17(24)20(18(25)16(14)23)30-9-8-29-13-7-6-11-4-2-3-5-12(11)10-13/h2-7,10H,8-9H2,1H3. The summed E-state index contributed by atoms with van der Waals surface area (Å²) in [5.41, 5.74) is -1.70. The van der Waals surface area contributed by atoms with Crippen molar-refractivity contribution in [2.75, 3.05) is 20.3 Å². The summed E-state index contributed by atoms with van der Waals surface area (Å²) in [6, 6.07) is 12.7. The van der Waals surface area contributed by atoms with Gasteiger partial charge >= 0.3 is 5.97 Å².